The Balaban J connectivity index is 0.00000155. The molecule has 1 aromatic carbocycles. The van der Waals surface area contributed by atoms with Gasteiger partial charge in [-0.15, -0.1) is 0 Å². The van der Waals surface area contributed by atoms with E-state index >= 15 is 0 Å². The predicted octanol–water partition coefficient (Wildman–Crippen LogP) is 3.65. The topological polar surface area (TPSA) is 100 Å². The van der Waals surface area contributed by atoms with Crippen LogP contribution in [0.1, 0.15) is 45.1 Å². The van der Waals surface area contributed by atoms with Gasteiger partial charge in [0.15, 0.2) is 0 Å². The third kappa shape index (κ3) is 5.20. The lowest BCUT2D eigenvalue weighted by Crippen LogP contribution is -2.31. The van der Waals surface area contributed by atoms with Crippen molar-refractivity contribution in [1.82, 2.24) is 4.57 Å². The standard InChI is InChI=1S/C19H24FN3O4S.C2H6/c1-13-4-5-15(14(20)10-13)21-16-11-18(25)23(2)12-17(16)22-28(26,27)19(7-8-19)6-3-9-24;1-2/h4-5,10-12,21-22,24H,3,6-9H2,1-2H3;1-2H3. The van der Waals surface area contributed by atoms with Gasteiger partial charge in [0.05, 0.1) is 21.8 Å². The number of sulfonamides is 1. The van der Waals surface area contributed by atoms with Crippen LogP contribution in [-0.2, 0) is 17.1 Å². The number of nitrogens with zero attached hydrogens (tertiary/aromatic N) is 1. The highest BCUT2D eigenvalue weighted by Crippen LogP contribution is 2.48. The quantitative estimate of drug-likeness (QED) is 0.583. The molecule has 0 saturated heterocycles. The molecule has 1 aliphatic rings. The molecule has 1 fully saturated rings. The Morgan fingerprint density at radius 1 is 1.17 bits per heavy atom. The third-order valence-corrected chi connectivity index (χ3v) is 7.28. The SMILES string of the molecule is CC.Cc1ccc(Nc2cc(=O)n(C)cc2NS(=O)(=O)C2(CCCO)CC2)c(F)c1. The predicted molar refractivity (Wildman–Crippen MR) is 118 cm³/mol. The summed E-state index contributed by atoms with van der Waals surface area (Å²) < 4.78 is 43.0. The number of halogens is 1. The van der Waals surface area contributed by atoms with Crippen molar-refractivity contribution in [2.45, 2.75) is 51.2 Å². The lowest BCUT2D eigenvalue weighted by atomic mass is 10.2. The Morgan fingerprint density at radius 3 is 2.40 bits per heavy atom. The van der Waals surface area contributed by atoms with E-state index in [2.05, 4.69) is 10.0 Å². The van der Waals surface area contributed by atoms with Crippen LogP contribution in [0.3, 0.4) is 0 Å². The van der Waals surface area contributed by atoms with Crippen LogP contribution in [0.4, 0.5) is 21.5 Å². The number of nitrogens with one attached hydrogen (secondary N) is 2. The first kappa shape index (κ1) is 23.9. The minimum atomic E-state index is -3.75. The maximum absolute atomic E-state index is 14.2. The van der Waals surface area contributed by atoms with Gasteiger partial charge in [-0.05, 0) is 50.3 Å². The Hall–Kier alpha value is -2.39. The second-order valence-electron chi connectivity index (χ2n) is 7.27. The first-order valence-electron chi connectivity index (χ1n) is 10.0. The van der Waals surface area contributed by atoms with E-state index < -0.39 is 20.6 Å². The maximum Gasteiger partial charge on any atom is 0.252 e. The molecule has 0 radical (unpaired) electrons. The van der Waals surface area contributed by atoms with Gasteiger partial charge in [-0.1, -0.05) is 19.9 Å². The maximum atomic E-state index is 14.2. The summed E-state index contributed by atoms with van der Waals surface area (Å²) in [7, 11) is -2.24. The average Bonchev–Trinajstić information content (AvgIpc) is 3.49. The second-order valence-corrected chi connectivity index (χ2v) is 9.35. The van der Waals surface area contributed by atoms with E-state index in [1.165, 1.54) is 36.0 Å². The molecule has 3 N–H and O–H groups in total. The van der Waals surface area contributed by atoms with Crippen molar-refractivity contribution < 1.29 is 17.9 Å². The molecule has 166 valence electrons. The normalized spacial score (nSPS) is 14.5. The molecule has 7 nitrogen and oxygen atoms in total. The van der Waals surface area contributed by atoms with E-state index in [4.69, 9.17) is 5.11 Å². The van der Waals surface area contributed by atoms with E-state index in [1.807, 2.05) is 13.8 Å². The molecule has 3 rings (SSSR count). The third-order valence-electron chi connectivity index (χ3n) is 5.03. The zero-order chi connectivity index (χ0) is 22.5. The molecule has 0 spiro atoms. The monoisotopic (exact) mass is 439 g/mol. The van der Waals surface area contributed by atoms with Crippen LogP contribution >= 0.6 is 0 Å². The molecule has 1 aromatic heterocycles. The summed E-state index contributed by atoms with van der Waals surface area (Å²) in [5.41, 5.74) is 0.859. The molecule has 9 heteroatoms. The molecule has 0 atom stereocenters. The summed E-state index contributed by atoms with van der Waals surface area (Å²) in [6, 6.07) is 5.82. The molecule has 1 aliphatic carbocycles. The van der Waals surface area contributed by atoms with Crippen molar-refractivity contribution in [2.24, 2.45) is 7.05 Å². The van der Waals surface area contributed by atoms with Gasteiger partial charge in [0, 0.05) is 25.9 Å². The van der Waals surface area contributed by atoms with Gasteiger partial charge in [-0.3, -0.25) is 9.52 Å². The molecule has 0 bridgehead atoms. The average molecular weight is 440 g/mol. The lowest BCUT2D eigenvalue weighted by molar-refractivity contribution is 0.282. The highest BCUT2D eigenvalue weighted by atomic mass is 32.2. The zero-order valence-electron chi connectivity index (χ0n) is 17.8. The van der Waals surface area contributed by atoms with Crippen LogP contribution in [0.25, 0.3) is 0 Å². The van der Waals surface area contributed by atoms with Gasteiger partial charge < -0.3 is 15.0 Å². The van der Waals surface area contributed by atoms with Gasteiger partial charge >= 0.3 is 0 Å². The molecular formula is C21H30FN3O4S. The number of benzene rings is 1. The van der Waals surface area contributed by atoms with Gasteiger partial charge in [0.25, 0.3) is 5.56 Å². The van der Waals surface area contributed by atoms with Crippen LogP contribution in [0.2, 0.25) is 0 Å². The minimum Gasteiger partial charge on any atom is -0.396 e. The fourth-order valence-corrected chi connectivity index (χ4v) is 4.85. The van der Waals surface area contributed by atoms with Gasteiger partial charge in [0.1, 0.15) is 5.82 Å². The highest BCUT2D eigenvalue weighted by molar-refractivity contribution is 7.94. The van der Waals surface area contributed by atoms with Crippen molar-refractivity contribution >= 4 is 27.1 Å². The molecule has 0 amide bonds. The summed E-state index contributed by atoms with van der Waals surface area (Å²) >= 11 is 0. The molecule has 0 unspecified atom stereocenters. The van der Waals surface area contributed by atoms with E-state index in [0.29, 0.717) is 25.7 Å². The van der Waals surface area contributed by atoms with E-state index in [0.717, 1.165) is 5.56 Å². The molecule has 2 aromatic rings. The summed E-state index contributed by atoms with van der Waals surface area (Å²) in [5.74, 6) is -0.504. The first-order chi connectivity index (χ1) is 14.2. The van der Waals surface area contributed by atoms with Crippen molar-refractivity contribution in [3.8, 4) is 0 Å². The highest BCUT2D eigenvalue weighted by Gasteiger charge is 2.54. The minimum absolute atomic E-state index is 0.0728. The molecule has 0 aliphatic heterocycles. The number of hydrogen-bond acceptors (Lipinski definition) is 5. The summed E-state index contributed by atoms with van der Waals surface area (Å²) in [5, 5.41) is 11.9. The largest absolute Gasteiger partial charge is 0.396 e. The second kappa shape index (κ2) is 9.61. The van der Waals surface area contributed by atoms with Crippen molar-refractivity contribution in [3.63, 3.8) is 0 Å². The number of aromatic nitrogens is 1. The summed E-state index contributed by atoms with van der Waals surface area (Å²) in [6.07, 6.45) is 3.16. The Morgan fingerprint density at radius 2 is 1.83 bits per heavy atom. The van der Waals surface area contributed by atoms with Crippen LogP contribution < -0.4 is 15.6 Å². The number of rotatable bonds is 8. The van der Waals surface area contributed by atoms with Crippen LogP contribution in [0, 0.1) is 12.7 Å². The van der Waals surface area contributed by atoms with E-state index in [-0.39, 0.29) is 29.2 Å². The number of aliphatic hydroxyl groups is 1. The van der Waals surface area contributed by atoms with E-state index in [9.17, 15) is 17.6 Å². The van der Waals surface area contributed by atoms with Crippen molar-refractivity contribution in [3.05, 3.63) is 52.2 Å². The smallest absolute Gasteiger partial charge is 0.252 e. The number of anilines is 3. The van der Waals surface area contributed by atoms with Crippen LogP contribution in [-0.4, -0.2) is 29.4 Å². The molecule has 1 saturated carbocycles. The van der Waals surface area contributed by atoms with Gasteiger partial charge in [-0.2, -0.15) is 0 Å². The van der Waals surface area contributed by atoms with Crippen molar-refractivity contribution in [1.29, 1.82) is 0 Å². The summed E-state index contributed by atoms with van der Waals surface area (Å²) in [4.78, 5) is 12.1. The number of hydrogen-bond donors (Lipinski definition) is 3. The number of pyridine rings is 1. The van der Waals surface area contributed by atoms with Gasteiger partial charge in [-0.25, -0.2) is 12.8 Å². The molecule has 1 heterocycles. The Bertz CT molecular complexity index is 1050. The fourth-order valence-electron chi connectivity index (χ4n) is 3.13. The van der Waals surface area contributed by atoms with Crippen LogP contribution in [0.5, 0.6) is 0 Å². The Kier molecular flexibility index (Phi) is 7.65. The summed E-state index contributed by atoms with van der Waals surface area (Å²) in [6.45, 7) is 5.68. The lowest BCUT2D eigenvalue weighted by Gasteiger charge is -2.20. The number of aliphatic hydroxyl groups excluding tert-OH is 1. The number of aryl methyl sites for hydroxylation is 2. The van der Waals surface area contributed by atoms with Crippen LogP contribution in [0.15, 0.2) is 35.3 Å². The molecular weight excluding hydrogens is 409 g/mol. The molecule has 30 heavy (non-hydrogen) atoms. The first-order valence-corrected chi connectivity index (χ1v) is 11.5. The fraction of sp³-hybridized carbons (Fsp3) is 0.476. The zero-order valence-corrected chi connectivity index (χ0v) is 18.6. The van der Waals surface area contributed by atoms with E-state index in [1.54, 1.807) is 13.0 Å². The van der Waals surface area contributed by atoms with Gasteiger partial charge in [0.2, 0.25) is 10.0 Å². The Labute approximate surface area is 177 Å². The van der Waals surface area contributed by atoms with Crippen molar-refractivity contribution in [2.75, 3.05) is 16.6 Å².